The average Bonchev–Trinajstić information content (AvgIpc) is 3.69. The van der Waals surface area contributed by atoms with E-state index in [0.29, 0.717) is 5.82 Å². The molecule has 0 atom stereocenters. The highest BCUT2D eigenvalue weighted by Gasteiger charge is 2.22. The molecule has 0 spiro atoms. The maximum absolute atomic E-state index is 5.28. The van der Waals surface area contributed by atoms with Gasteiger partial charge in [0.2, 0.25) is 0 Å². The zero-order valence-corrected chi connectivity index (χ0v) is 23.3. The van der Waals surface area contributed by atoms with Crippen LogP contribution in [0.15, 0.2) is 139 Å². The van der Waals surface area contributed by atoms with E-state index in [9.17, 15) is 0 Å². The van der Waals surface area contributed by atoms with Gasteiger partial charge in [-0.05, 0) is 33.7 Å². The number of nitrogens with zero attached hydrogens (tertiary/aromatic N) is 3. The van der Waals surface area contributed by atoms with Crippen molar-refractivity contribution in [1.82, 2.24) is 14.5 Å². The minimum absolute atomic E-state index is 0.713. The molecular weight excluding hydrogens is 531 g/mol. The molecule has 0 radical (unpaired) electrons. The fraction of sp³-hybridized carbons (Fsp3) is 0. The Labute approximate surface area is 246 Å². The van der Waals surface area contributed by atoms with Gasteiger partial charge in [0.15, 0.2) is 5.82 Å². The quantitative estimate of drug-likeness (QED) is 0.218. The second-order valence-electron chi connectivity index (χ2n) is 10.6. The van der Waals surface area contributed by atoms with Crippen LogP contribution < -0.4 is 0 Å². The second kappa shape index (κ2) is 9.10. The summed E-state index contributed by atoms with van der Waals surface area (Å²) in [6.45, 7) is 0. The van der Waals surface area contributed by atoms with Gasteiger partial charge < -0.3 is 0 Å². The van der Waals surface area contributed by atoms with E-state index >= 15 is 0 Å². The molecule has 9 rings (SSSR count). The molecule has 4 heteroatoms. The summed E-state index contributed by atoms with van der Waals surface area (Å²) in [5.74, 6) is 1.57. The molecule has 0 amide bonds. The first-order chi connectivity index (χ1) is 20.8. The van der Waals surface area contributed by atoms with E-state index < -0.39 is 0 Å². The highest BCUT2D eigenvalue weighted by Crippen LogP contribution is 2.46. The molecular formula is C38H23N3S. The van der Waals surface area contributed by atoms with Gasteiger partial charge in [0, 0.05) is 43.4 Å². The zero-order chi connectivity index (χ0) is 27.6. The van der Waals surface area contributed by atoms with Crippen LogP contribution in [0.3, 0.4) is 0 Å². The number of thiophene rings is 1. The lowest BCUT2D eigenvalue weighted by Crippen LogP contribution is -2.02. The molecule has 0 fully saturated rings. The molecule has 0 aliphatic heterocycles. The third-order valence-corrected chi connectivity index (χ3v) is 9.21. The number of aromatic nitrogens is 3. The molecule has 3 heterocycles. The van der Waals surface area contributed by atoms with Gasteiger partial charge >= 0.3 is 0 Å². The number of rotatable bonds is 3. The SMILES string of the molecule is c1ccc(-c2cc(-n3c4ccc5ccccc5c4c4c5ccccc5c5sccc5c43)nc(-c3ccccc3)n2)cc1. The fourth-order valence-corrected chi connectivity index (χ4v) is 7.38. The van der Waals surface area contributed by atoms with Gasteiger partial charge in [-0.3, -0.25) is 4.57 Å². The predicted octanol–water partition coefficient (Wildman–Crippen LogP) is 10.4. The van der Waals surface area contributed by atoms with Crippen molar-refractivity contribution in [3.63, 3.8) is 0 Å². The van der Waals surface area contributed by atoms with E-state index in [1.165, 1.54) is 47.9 Å². The van der Waals surface area contributed by atoms with Crippen molar-refractivity contribution in [3.8, 4) is 28.5 Å². The molecule has 3 aromatic heterocycles. The highest BCUT2D eigenvalue weighted by molar-refractivity contribution is 7.18. The van der Waals surface area contributed by atoms with Crippen molar-refractivity contribution in [3.05, 3.63) is 139 Å². The third-order valence-electron chi connectivity index (χ3n) is 8.26. The Morgan fingerprint density at radius 2 is 1.21 bits per heavy atom. The second-order valence-corrected chi connectivity index (χ2v) is 11.5. The minimum Gasteiger partial charge on any atom is -0.293 e. The van der Waals surface area contributed by atoms with E-state index in [4.69, 9.17) is 9.97 Å². The minimum atomic E-state index is 0.713. The van der Waals surface area contributed by atoms with Gasteiger partial charge in [-0.1, -0.05) is 115 Å². The van der Waals surface area contributed by atoms with E-state index in [0.717, 1.165) is 28.2 Å². The predicted molar refractivity (Wildman–Crippen MR) is 178 cm³/mol. The van der Waals surface area contributed by atoms with Crippen LogP contribution in [0.4, 0.5) is 0 Å². The van der Waals surface area contributed by atoms with Gasteiger partial charge in [-0.2, -0.15) is 0 Å². The van der Waals surface area contributed by atoms with Gasteiger partial charge in [-0.25, -0.2) is 9.97 Å². The first-order valence-corrected chi connectivity index (χ1v) is 15.0. The molecule has 9 aromatic rings. The Balaban J connectivity index is 1.51. The summed E-state index contributed by atoms with van der Waals surface area (Å²) < 4.78 is 3.67. The lowest BCUT2D eigenvalue weighted by molar-refractivity contribution is 1.05. The maximum atomic E-state index is 5.28. The molecule has 0 N–H and O–H groups in total. The first kappa shape index (κ1) is 23.4. The Hall–Kier alpha value is -5.32. The molecule has 0 unspecified atom stereocenters. The van der Waals surface area contributed by atoms with Crippen molar-refractivity contribution >= 4 is 64.8 Å². The van der Waals surface area contributed by atoms with Crippen LogP contribution in [0.25, 0.3) is 81.9 Å². The van der Waals surface area contributed by atoms with Crippen LogP contribution in [-0.2, 0) is 0 Å². The zero-order valence-electron chi connectivity index (χ0n) is 22.5. The highest BCUT2D eigenvalue weighted by atomic mass is 32.1. The molecule has 196 valence electrons. The van der Waals surface area contributed by atoms with E-state index in [1.54, 1.807) is 11.3 Å². The summed E-state index contributed by atoms with van der Waals surface area (Å²) in [4.78, 5) is 10.4. The summed E-state index contributed by atoms with van der Waals surface area (Å²) in [6, 6.07) is 47.1. The normalized spacial score (nSPS) is 11.8. The molecule has 0 aliphatic rings. The average molecular weight is 554 g/mol. The fourth-order valence-electron chi connectivity index (χ4n) is 6.44. The summed E-state index contributed by atoms with van der Waals surface area (Å²) in [5, 5.41) is 11.0. The molecule has 0 bridgehead atoms. The smallest absolute Gasteiger partial charge is 0.162 e. The van der Waals surface area contributed by atoms with Crippen LogP contribution in [0.1, 0.15) is 0 Å². The van der Waals surface area contributed by atoms with Crippen molar-refractivity contribution in [2.75, 3.05) is 0 Å². The summed E-state index contributed by atoms with van der Waals surface area (Å²) >= 11 is 1.80. The Morgan fingerprint density at radius 3 is 2.02 bits per heavy atom. The summed E-state index contributed by atoms with van der Waals surface area (Å²) in [7, 11) is 0. The molecule has 6 aromatic carbocycles. The number of hydrogen-bond acceptors (Lipinski definition) is 3. The number of hydrogen-bond donors (Lipinski definition) is 0. The van der Waals surface area contributed by atoms with Crippen molar-refractivity contribution < 1.29 is 0 Å². The molecule has 3 nitrogen and oxygen atoms in total. The number of fused-ring (bicyclic) bond motifs is 10. The van der Waals surface area contributed by atoms with Gasteiger partial charge in [0.25, 0.3) is 0 Å². The summed E-state index contributed by atoms with van der Waals surface area (Å²) in [6.07, 6.45) is 0. The monoisotopic (exact) mass is 553 g/mol. The van der Waals surface area contributed by atoms with Gasteiger partial charge in [0.05, 0.1) is 16.7 Å². The third kappa shape index (κ3) is 3.39. The van der Waals surface area contributed by atoms with Crippen LogP contribution in [0, 0.1) is 0 Å². The van der Waals surface area contributed by atoms with Crippen molar-refractivity contribution in [2.45, 2.75) is 0 Å². The van der Waals surface area contributed by atoms with E-state index in [-0.39, 0.29) is 0 Å². The lowest BCUT2D eigenvalue weighted by Gasteiger charge is -2.13. The summed E-state index contributed by atoms with van der Waals surface area (Å²) in [5.41, 5.74) is 5.29. The maximum Gasteiger partial charge on any atom is 0.162 e. The van der Waals surface area contributed by atoms with Crippen molar-refractivity contribution in [2.24, 2.45) is 0 Å². The molecule has 0 aliphatic carbocycles. The molecule has 42 heavy (non-hydrogen) atoms. The van der Waals surface area contributed by atoms with Crippen LogP contribution >= 0.6 is 11.3 Å². The Morgan fingerprint density at radius 1 is 0.524 bits per heavy atom. The Kier molecular flexibility index (Phi) is 5.07. The van der Waals surface area contributed by atoms with Crippen molar-refractivity contribution in [1.29, 1.82) is 0 Å². The standard InChI is InChI=1S/C38H23N3S/c1-3-12-25(13-4-1)31-23-33(40-38(39-31)26-14-5-2-6-15-26)41-32-20-19-24-11-7-8-16-27(24)34(32)35-28-17-9-10-18-29(28)37-30(36(35)41)21-22-42-37/h1-23H. The van der Waals surface area contributed by atoms with Crippen LogP contribution in [0.5, 0.6) is 0 Å². The van der Waals surface area contributed by atoms with Crippen LogP contribution in [-0.4, -0.2) is 14.5 Å². The largest absolute Gasteiger partial charge is 0.293 e. The Bertz CT molecular complexity index is 2400. The lowest BCUT2D eigenvalue weighted by atomic mass is 9.98. The molecule has 0 saturated carbocycles. The van der Waals surface area contributed by atoms with Gasteiger partial charge in [-0.15, -0.1) is 11.3 Å². The molecule has 0 saturated heterocycles. The van der Waals surface area contributed by atoms with E-state index in [2.05, 4.69) is 119 Å². The first-order valence-electron chi connectivity index (χ1n) is 14.1. The number of benzene rings is 6. The van der Waals surface area contributed by atoms with E-state index in [1.807, 2.05) is 24.3 Å². The topological polar surface area (TPSA) is 30.7 Å². The van der Waals surface area contributed by atoms with Crippen LogP contribution in [0.2, 0.25) is 0 Å². The van der Waals surface area contributed by atoms with Gasteiger partial charge in [0.1, 0.15) is 5.82 Å².